The van der Waals surface area contributed by atoms with Gasteiger partial charge < -0.3 is 5.32 Å². The second kappa shape index (κ2) is 6.76. The molecule has 4 heteroatoms. The SMILES string of the molecule is CCCSCc1nc(C2CC2)c(CNCC)s1. The fourth-order valence-electron chi connectivity index (χ4n) is 1.82. The van der Waals surface area contributed by atoms with Crippen LogP contribution < -0.4 is 5.32 Å². The van der Waals surface area contributed by atoms with Crippen molar-refractivity contribution in [1.82, 2.24) is 10.3 Å². The van der Waals surface area contributed by atoms with Crippen LogP contribution in [0.5, 0.6) is 0 Å². The van der Waals surface area contributed by atoms with E-state index in [4.69, 9.17) is 4.98 Å². The Balaban J connectivity index is 1.97. The molecular formula is C13H22N2S2. The third kappa shape index (κ3) is 3.97. The van der Waals surface area contributed by atoms with Crippen LogP contribution in [0, 0.1) is 0 Å². The van der Waals surface area contributed by atoms with E-state index >= 15 is 0 Å². The lowest BCUT2D eigenvalue weighted by atomic mass is 10.2. The standard InChI is InChI=1S/C13H22N2S2/c1-3-7-16-9-12-15-13(10-5-6-10)11(17-12)8-14-4-2/h10,14H,3-9H2,1-2H3. The van der Waals surface area contributed by atoms with Gasteiger partial charge >= 0.3 is 0 Å². The van der Waals surface area contributed by atoms with Gasteiger partial charge in [-0.25, -0.2) is 4.98 Å². The molecule has 2 nitrogen and oxygen atoms in total. The molecule has 1 N–H and O–H groups in total. The van der Waals surface area contributed by atoms with E-state index in [0.717, 1.165) is 24.8 Å². The van der Waals surface area contributed by atoms with Gasteiger partial charge in [0, 0.05) is 23.1 Å². The summed E-state index contributed by atoms with van der Waals surface area (Å²) >= 11 is 3.94. The quantitative estimate of drug-likeness (QED) is 0.728. The van der Waals surface area contributed by atoms with E-state index in [1.165, 1.54) is 40.6 Å². The van der Waals surface area contributed by atoms with Crippen molar-refractivity contribution in [1.29, 1.82) is 0 Å². The normalized spacial score (nSPS) is 15.4. The number of nitrogens with one attached hydrogen (secondary N) is 1. The van der Waals surface area contributed by atoms with Crippen molar-refractivity contribution >= 4 is 23.1 Å². The third-order valence-corrected chi connectivity index (χ3v) is 5.27. The minimum absolute atomic E-state index is 0.782. The van der Waals surface area contributed by atoms with Crippen LogP contribution in [-0.2, 0) is 12.3 Å². The van der Waals surface area contributed by atoms with Crippen LogP contribution in [0.4, 0.5) is 0 Å². The molecule has 1 aliphatic rings. The number of aromatic nitrogens is 1. The van der Waals surface area contributed by atoms with E-state index in [1.54, 1.807) is 0 Å². The average Bonchev–Trinajstić information content (AvgIpc) is 3.10. The highest BCUT2D eigenvalue weighted by atomic mass is 32.2. The smallest absolute Gasteiger partial charge is 0.103 e. The number of thiazole rings is 1. The molecule has 0 bridgehead atoms. The van der Waals surface area contributed by atoms with Gasteiger partial charge in [-0.15, -0.1) is 11.3 Å². The summed E-state index contributed by atoms with van der Waals surface area (Å²) in [6.07, 6.45) is 3.96. The van der Waals surface area contributed by atoms with Crippen molar-refractivity contribution in [2.75, 3.05) is 12.3 Å². The molecule has 17 heavy (non-hydrogen) atoms. The maximum Gasteiger partial charge on any atom is 0.103 e. The molecule has 0 radical (unpaired) electrons. The van der Waals surface area contributed by atoms with Crippen LogP contribution >= 0.6 is 23.1 Å². The van der Waals surface area contributed by atoms with Gasteiger partial charge in [0.15, 0.2) is 0 Å². The van der Waals surface area contributed by atoms with Gasteiger partial charge in [0.2, 0.25) is 0 Å². The maximum atomic E-state index is 4.85. The zero-order valence-corrected chi connectivity index (χ0v) is 12.4. The molecule has 1 aromatic rings. The molecule has 0 saturated heterocycles. The maximum absolute atomic E-state index is 4.85. The molecule has 0 aromatic carbocycles. The Morgan fingerprint density at radius 3 is 2.88 bits per heavy atom. The first-order valence-corrected chi connectivity index (χ1v) is 8.59. The highest BCUT2D eigenvalue weighted by molar-refractivity contribution is 7.98. The summed E-state index contributed by atoms with van der Waals surface area (Å²) in [6.45, 7) is 6.46. The van der Waals surface area contributed by atoms with Crippen molar-refractivity contribution in [3.8, 4) is 0 Å². The first kappa shape index (κ1) is 13.4. The fourth-order valence-corrected chi connectivity index (χ4v) is 3.90. The van der Waals surface area contributed by atoms with Crippen molar-refractivity contribution in [2.45, 2.75) is 51.3 Å². The molecule has 1 heterocycles. The predicted molar refractivity (Wildman–Crippen MR) is 77.9 cm³/mol. The number of nitrogens with zero attached hydrogens (tertiary/aromatic N) is 1. The second-order valence-corrected chi connectivity index (χ2v) is 6.80. The summed E-state index contributed by atoms with van der Waals surface area (Å²) in [6, 6.07) is 0. The zero-order valence-electron chi connectivity index (χ0n) is 10.8. The van der Waals surface area contributed by atoms with Crippen LogP contribution in [-0.4, -0.2) is 17.3 Å². The lowest BCUT2D eigenvalue weighted by Crippen LogP contribution is -2.11. The minimum Gasteiger partial charge on any atom is -0.312 e. The summed E-state index contributed by atoms with van der Waals surface area (Å²) in [5, 5.41) is 4.76. The molecule has 1 fully saturated rings. The molecule has 1 aromatic heterocycles. The Morgan fingerprint density at radius 2 is 2.24 bits per heavy atom. The largest absolute Gasteiger partial charge is 0.312 e. The van der Waals surface area contributed by atoms with Crippen LogP contribution in [0.2, 0.25) is 0 Å². The molecule has 0 unspecified atom stereocenters. The van der Waals surface area contributed by atoms with Gasteiger partial charge in [-0.3, -0.25) is 0 Å². The first-order chi connectivity index (χ1) is 8.35. The summed E-state index contributed by atoms with van der Waals surface area (Å²) in [5.41, 5.74) is 1.41. The Kier molecular flexibility index (Phi) is 5.32. The Hall–Kier alpha value is -0.0600. The van der Waals surface area contributed by atoms with E-state index in [1.807, 2.05) is 23.1 Å². The topological polar surface area (TPSA) is 24.9 Å². The third-order valence-electron chi connectivity index (χ3n) is 2.85. The average molecular weight is 270 g/mol. The van der Waals surface area contributed by atoms with Crippen LogP contribution in [0.3, 0.4) is 0 Å². The monoisotopic (exact) mass is 270 g/mol. The molecular weight excluding hydrogens is 248 g/mol. The van der Waals surface area contributed by atoms with Gasteiger partial charge in [-0.1, -0.05) is 13.8 Å². The van der Waals surface area contributed by atoms with E-state index < -0.39 is 0 Å². The second-order valence-electron chi connectivity index (χ2n) is 4.52. The van der Waals surface area contributed by atoms with E-state index in [-0.39, 0.29) is 0 Å². The Bertz CT molecular complexity index is 345. The zero-order chi connectivity index (χ0) is 12.1. The molecule has 0 spiro atoms. The molecule has 0 atom stereocenters. The summed E-state index contributed by atoms with van der Waals surface area (Å²) in [4.78, 5) is 6.34. The highest BCUT2D eigenvalue weighted by Gasteiger charge is 2.29. The van der Waals surface area contributed by atoms with E-state index in [9.17, 15) is 0 Å². The van der Waals surface area contributed by atoms with Gasteiger partial charge in [-0.05, 0) is 31.6 Å². The lowest BCUT2D eigenvalue weighted by molar-refractivity contribution is 0.726. The molecule has 1 aliphatic carbocycles. The highest BCUT2D eigenvalue weighted by Crippen LogP contribution is 2.43. The van der Waals surface area contributed by atoms with Crippen LogP contribution in [0.15, 0.2) is 0 Å². The van der Waals surface area contributed by atoms with Gasteiger partial charge in [0.1, 0.15) is 5.01 Å². The minimum atomic E-state index is 0.782. The Labute approximate surface area is 113 Å². The molecule has 0 aliphatic heterocycles. The van der Waals surface area contributed by atoms with E-state index in [2.05, 4.69) is 19.2 Å². The van der Waals surface area contributed by atoms with Crippen molar-refractivity contribution < 1.29 is 0 Å². The van der Waals surface area contributed by atoms with Crippen molar-refractivity contribution in [3.05, 3.63) is 15.6 Å². The molecule has 96 valence electrons. The summed E-state index contributed by atoms with van der Waals surface area (Å²) in [5.74, 6) is 3.13. The van der Waals surface area contributed by atoms with Gasteiger partial charge in [-0.2, -0.15) is 11.8 Å². The number of thioether (sulfide) groups is 1. The first-order valence-electron chi connectivity index (χ1n) is 6.62. The Morgan fingerprint density at radius 1 is 1.41 bits per heavy atom. The predicted octanol–water partition coefficient (Wildman–Crippen LogP) is 3.77. The van der Waals surface area contributed by atoms with Crippen molar-refractivity contribution in [3.63, 3.8) is 0 Å². The molecule has 0 amide bonds. The van der Waals surface area contributed by atoms with Crippen LogP contribution in [0.1, 0.15) is 54.6 Å². The number of hydrogen-bond acceptors (Lipinski definition) is 4. The summed E-state index contributed by atoms with van der Waals surface area (Å²) < 4.78 is 0. The number of rotatable bonds is 8. The van der Waals surface area contributed by atoms with Gasteiger partial charge in [0.25, 0.3) is 0 Å². The lowest BCUT2D eigenvalue weighted by Gasteiger charge is -2.00. The molecule has 1 saturated carbocycles. The van der Waals surface area contributed by atoms with Crippen molar-refractivity contribution in [2.24, 2.45) is 0 Å². The van der Waals surface area contributed by atoms with Crippen LogP contribution in [0.25, 0.3) is 0 Å². The van der Waals surface area contributed by atoms with E-state index in [0.29, 0.717) is 0 Å². The summed E-state index contributed by atoms with van der Waals surface area (Å²) in [7, 11) is 0. The number of hydrogen-bond donors (Lipinski definition) is 1. The molecule has 2 rings (SSSR count). The fraction of sp³-hybridized carbons (Fsp3) is 0.769. The van der Waals surface area contributed by atoms with Gasteiger partial charge in [0.05, 0.1) is 5.69 Å².